The highest BCUT2D eigenvalue weighted by Gasteiger charge is 2.30. The van der Waals surface area contributed by atoms with Crippen LogP contribution in [0, 0.1) is 13.8 Å². The number of piperazine rings is 1. The van der Waals surface area contributed by atoms with Crippen molar-refractivity contribution in [3.05, 3.63) is 70.9 Å². The third-order valence-electron chi connectivity index (χ3n) is 5.58. The number of fused-ring (bicyclic) bond motifs is 1. The van der Waals surface area contributed by atoms with E-state index in [0.717, 1.165) is 41.8 Å². The fraction of sp³-hybridized carbons (Fsp3) is 0.318. The van der Waals surface area contributed by atoms with Crippen molar-refractivity contribution < 1.29 is 4.79 Å². The van der Waals surface area contributed by atoms with E-state index < -0.39 is 0 Å². The second kappa shape index (κ2) is 6.61. The number of likely N-dealkylation sites (N-methyl/N-ethyl adjacent to an activating group) is 1. The van der Waals surface area contributed by atoms with E-state index in [-0.39, 0.29) is 11.9 Å². The molecule has 1 amide bonds. The van der Waals surface area contributed by atoms with Crippen LogP contribution in [-0.2, 0) is 0 Å². The van der Waals surface area contributed by atoms with Crippen molar-refractivity contribution in [1.29, 1.82) is 0 Å². The Hall–Kier alpha value is -2.59. The molecule has 1 aromatic heterocycles. The Morgan fingerprint density at radius 1 is 1.08 bits per heavy atom. The predicted octanol–water partition coefficient (Wildman–Crippen LogP) is 3.91. The normalized spacial score (nSPS) is 18.4. The summed E-state index contributed by atoms with van der Waals surface area (Å²) < 4.78 is 0. The quantitative estimate of drug-likeness (QED) is 0.763. The second-order valence-electron chi connectivity index (χ2n) is 7.32. The van der Waals surface area contributed by atoms with E-state index in [9.17, 15) is 4.79 Å². The predicted molar refractivity (Wildman–Crippen MR) is 105 cm³/mol. The number of aromatic nitrogens is 1. The van der Waals surface area contributed by atoms with Gasteiger partial charge in [-0.2, -0.15) is 0 Å². The molecule has 3 aromatic rings. The lowest BCUT2D eigenvalue weighted by Gasteiger charge is -2.40. The minimum Gasteiger partial charge on any atom is -0.358 e. The minimum atomic E-state index is 0.0900. The van der Waals surface area contributed by atoms with Crippen LogP contribution in [0.3, 0.4) is 0 Å². The van der Waals surface area contributed by atoms with Crippen molar-refractivity contribution in [2.75, 3.05) is 26.7 Å². The Kier molecular flexibility index (Phi) is 4.29. The van der Waals surface area contributed by atoms with E-state index in [2.05, 4.69) is 42.9 Å². The number of carbonyl (C=O) groups is 1. The molecule has 1 N–H and O–H groups in total. The van der Waals surface area contributed by atoms with Crippen molar-refractivity contribution in [3.8, 4) is 0 Å². The van der Waals surface area contributed by atoms with Crippen LogP contribution in [0.1, 0.15) is 33.2 Å². The third kappa shape index (κ3) is 2.90. The molecule has 1 unspecified atom stereocenters. The van der Waals surface area contributed by atoms with Crippen LogP contribution in [0.25, 0.3) is 10.9 Å². The summed E-state index contributed by atoms with van der Waals surface area (Å²) in [4.78, 5) is 21.1. The molecule has 134 valence electrons. The third-order valence-corrected chi connectivity index (χ3v) is 5.58. The number of benzene rings is 2. The van der Waals surface area contributed by atoms with Crippen LogP contribution >= 0.6 is 0 Å². The average Bonchev–Trinajstić information content (AvgIpc) is 2.95. The molecule has 1 fully saturated rings. The molecule has 1 aliphatic rings. The molecule has 0 bridgehead atoms. The van der Waals surface area contributed by atoms with E-state index in [4.69, 9.17) is 0 Å². The lowest BCUT2D eigenvalue weighted by Crippen LogP contribution is -2.49. The van der Waals surface area contributed by atoms with Gasteiger partial charge in [-0.1, -0.05) is 30.3 Å². The highest BCUT2D eigenvalue weighted by Crippen LogP contribution is 2.28. The van der Waals surface area contributed by atoms with Gasteiger partial charge in [0.25, 0.3) is 5.91 Å². The summed E-state index contributed by atoms with van der Waals surface area (Å²) >= 11 is 0. The Morgan fingerprint density at radius 2 is 1.85 bits per heavy atom. The molecule has 4 heteroatoms. The number of hydrogen-bond donors (Lipinski definition) is 1. The summed E-state index contributed by atoms with van der Waals surface area (Å²) in [5.41, 5.74) is 5.43. The molecule has 0 aliphatic carbocycles. The highest BCUT2D eigenvalue weighted by atomic mass is 16.2. The number of amides is 1. The first kappa shape index (κ1) is 16.9. The summed E-state index contributed by atoms with van der Waals surface area (Å²) in [6.07, 6.45) is 0. The van der Waals surface area contributed by atoms with E-state index in [0.29, 0.717) is 0 Å². The molecule has 4 rings (SSSR count). The molecule has 1 atom stereocenters. The number of rotatable bonds is 2. The molecule has 0 saturated carbocycles. The zero-order valence-corrected chi connectivity index (χ0v) is 15.6. The van der Waals surface area contributed by atoms with Gasteiger partial charge in [-0.25, -0.2) is 0 Å². The first-order valence-corrected chi connectivity index (χ1v) is 9.18. The van der Waals surface area contributed by atoms with Crippen molar-refractivity contribution in [3.63, 3.8) is 0 Å². The van der Waals surface area contributed by atoms with Gasteiger partial charge < -0.3 is 14.8 Å². The fourth-order valence-corrected chi connectivity index (χ4v) is 3.88. The molecule has 2 aromatic carbocycles. The Labute approximate surface area is 154 Å². The Bertz CT molecular complexity index is 945. The fourth-order valence-electron chi connectivity index (χ4n) is 3.88. The lowest BCUT2D eigenvalue weighted by atomic mass is 10.0. The topological polar surface area (TPSA) is 39.3 Å². The number of H-pyrrole nitrogens is 1. The monoisotopic (exact) mass is 347 g/mol. The molecular weight excluding hydrogens is 322 g/mol. The van der Waals surface area contributed by atoms with Crippen molar-refractivity contribution in [2.24, 2.45) is 0 Å². The van der Waals surface area contributed by atoms with E-state index in [1.54, 1.807) is 0 Å². The van der Waals surface area contributed by atoms with Crippen LogP contribution in [0.2, 0.25) is 0 Å². The molecule has 1 aliphatic heterocycles. The van der Waals surface area contributed by atoms with Crippen molar-refractivity contribution in [2.45, 2.75) is 19.9 Å². The maximum Gasteiger partial charge on any atom is 0.254 e. The number of nitrogens with one attached hydrogen (secondary N) is 1. The molecule has 2 heterocycles. The van der Waals surface area contributed by atoms with Gasteiger partial charge in [-0.15, -0.1) is 0 Å². The standard InChI is InChI=1S/C22H25N3O/c1-15-16(2)23-20-10-9-18(13-19(15)20)22(26)25-12-11-24(3)14-21(25)17-7-5-4-6-8-17/h4-10,13,21,23H,11-12,14H2,1-3H3. The zero-order valence-electron chi connectivity index (χ0n) is 15.6. The van der Waals surface area contributed by atoms with Crippen LogP contribution in [0.15, 0.2) is 48.5 Å². The molecule has 1 saturated heterocycles. The lowest BCUT2D eigenvalue weighted by molar-refractivity contribution is 0.0498. The van der Waals surface area contributed by atoms with Gasteiger partial charge in [0.2, 0.25) is 0 Å². The zero-order chi connectivity index (χ0) is 18.3. The number of aromatic amines is 1. The van der Waals surface area contributed by atoms with Gasteiger partial charge in [0.1, 0.15) is 0 Å². The molecular formula is C22H25N3O. The maximum absolute atomic E-state index is 13.3. The minimum absolute atomic E-state index is 0.0900. The Balaban J connectivity index is 1.70. The first-order chi connectivity index (χ1) is 12.5. The van der Waals surface area contributed by atoms with Gasteiger partial charge in [-0.05, 0) is 50.2 Å². The van der Waals surface area contributed by atoms with E-state index in [1.807, 2.05) is 41.3 Å². The Morgan fingerprint density at radius 3 is 2.62 bits per heavy atom. The van der Waals surface area contributed by atoms with Crippen molar-refractivity contribution >= 4 is 16.8 Å². The molecule has 4 nitrogen and oxygen atoms in total. The van der Waals surface area contributed by atoms with E-state index in [1.165, 1.54) is 11.1 Å². The number of hydrogen-bond acceptors (Lipinski definition) is 2. The molecule has 0 radical (unpaired) electrons. The molecule has 0 spiro atoms. The summed E-state index contributed by atoms with van der Waals surface area (Å²) in [5.74, 6) is 0.118. The number of aryl methyl sites for hydroxylation is 2. The number of nitrogens with zero attached hydrogens (tertiary/aromatic N) is 2. The van der Waals surface area contributed by atoms with Crippen LogP contribution in [0.4, 0.5) is 0 Å². The van der Waals surface area contributed by atoms with Gasteiger partial charge in [0, 0.05) is 41.8 Å². The summed E-state index contributed by atoms with van der Waals surface area (Å²) in [5, 5.41) is 1.14. The van der Waals surface area contributed by atoms with Crippen LogP contribution < -0.4 is 0 Å². The van der Waals surface area contributed by atoms with Crippen LogP contribution in [0.5, 0.6) is 0 Å². The van der Waals surface area contributed by atoms with Gasteiger partial charge >= 0.3 is 0 Å². The molecule has 26 heavy (non-hydrogen) atoms. The first-order valence-electron chi connectivity index (χ1n) is 9.18. The smallest absolute Gasteiger partial charge is 0.254 e. The summed E-state index contributed by atoms with van der Waals surface area (Å²) in [7, 11) is 2.12. The van der Waals surface area contributed by atoms with Gasteiger partial charge in [-0.3, -0.25) is 4.79 Å². The van der Waals surface area contributed by atoms with Gasteiger partial charge in [0.15, 0.2) is 0 Å². The highest BCUT2D eigenvalue weighted by molar-refractivity contribution is 5.99. The summed E-state index contributed by atoms with van der Waals surface area (Å²) in [6, 6.07) is 16.4. The summed E-state index contributed by atoms with van der Waals surface area (Å²) in [6.45, 7) is 6.69. The maximum atomic E-state index is 13.3. The second-order valence-corrected chi connectivity index (χ2v) is 7.32. The van der Waals surface area contributed by atoms with Crippen LogP contribution in [-0.4, -0.2) is 47.4 Å². The SMILES string of the molecule is Cc1[nH]c2ccc(C(=O)N3CCN(C)CC3c3ccccc3)cc2c1C. The largest absolute Gasteiger partial charge is 0.358 e. The average molecular weight is 347 g/mol. The van der Waals surface area contributed by atoms with Crippen molar-refractivity contribution in [1.82, 2.24) is 14.8 Å². The van der Waals surface area contributed by atoms with E-state index >= 15 is 0 Å². The van der Waals surface area contributed by atoms with Gasteiger partial charge in [0.05, 0.1) is 6.04 Å². The number of carbonyl (C=O) groups excluding carboxylic acids is 1.